The third kappa shape index (κ3) is 3.97. The third-order valence-electron chi connectivity index (χ3n) is 4.61. The fraction of sp³-hybridized carbons (Fsp3) is 0.227. The minimum atomic E-state index is -1.25. The van der Waals surface area contributed by atoms with Crippen molar-refractivity contribution in [2.24, 2.45) is 5.92 Å². The molecular formula is C22H20FN3O3. The van der Waals surface area contributed by atoms with E-state index in [9.17, 15) is 19.2 Å². The molecule has 148 valence electrons. The van der Waals surface area contributed by atoms with E-state index >= 15 is 0 Å². The lowest BCUT2D eigenvalue weighted by atomic mass is 9.94. The number of amides is 1. The van der Waals surface area contributed by atoms with Gasteiger partial charge in [-0.3, -0.25) is 4.79 Å². The largest absolute Gasteiger partial charge is 0.465 e. The first-order chi connectivity index (χ1) is 13.8. The van der Waals surface area contributed by atoms with Crippen LogP contribution in [-0.2, 0) is 13.1 Å². The molecule has 0 fully saturated rings. The Labute approximate surface area is 166 Å². The molecule has 0 radical (unpaired) electrons. The summed E-state index contributed by atoms with van der Waals surface area (Å²) >= 11 is 0. The third-order valence-corrected chi connectivity index (χ3v) is 4.61. The Morgan fingerprint density at radius 2 is 1.97 bits per heavy atom. The molecule has 0 saturated heterocycles. The van der Waals surface area contributed by atoms with Crippen molar-refractivity contribution >= 4 is 16.9 Å². The first-order valence-corrected chi connectivity index (χ1v) is 9.14. The number of benzene rings is 2. The number of carbonyl (C=O) groups is 1. The minimum Gasteiger partial charge on any atom is -0.465 e. The molecule has 3 rings (SSSR count). The molecule has 6 nitrogen and oxygen atoms in total. The molecule has 7 heteroatoms. The number of fused-ring (bicyclic) bond motifs is 1. The van der Waals surface area contributed by atoms with Gasteiger partial charge in [0.05, 0.1) is 18.2 Å². The molecule has 0 saturated carbocycles. The van der Waals surface area contributed by atoms with Gasteiger partial charge in [0.2, 0.25) is 0 Å². The number of aromatic nitrogens is 1. The Morgan fingerprint density at radius 1 is 1.24 bits per heavy atom. The van der Waals surface area contributed by atoms with E-state index in [0.29, 0.717) is 34.1 Å². The number of nitrogens with zero attached hydrogens (tertiary/aromatic N) is 2. The molecule has 0 aliphatic rings. The number of nitrogens with one attached hydrogen (secondary N) is 1. The summed E-state index contributed by atoms with van der Waals surface area (Å²) in [6.45, 7) is 4.04. The Hall–Kier alpha value is -3.66. The van der Waals surface area contributed by atoms with Crippen LogP contribution in [0.15, 0.2) is 47.3 Å². The zero-order valence-corrected chi connectivity index (χ0v) is 16.1. The van der Waals surface area contributed by atoms with E-state index in [0.717, 1.165) is 0 Å². The Kier molecular flexibility index (Phi) is 5.64. The van der Waals surface area contributed by atoms with Gasteiger partial charge in [-0.15, -0.1) is 0 Å². The van der Waals surface area contributed by atoms with Crippen molar-refractivity contribution < 1.29 is 14.3 Å². The number of pyridine rings is 1. The normalized spacial score (nSPS) is 10.9. The summed E-state index contributed by atoms with van der Waals surface area (Å²) in [6.07, 6.45) is -1.25. The van der Waals surface area contributed by atoms with Crippen molar-refractivity contribution in [2.45, 2.75) is 26.9 Å². The summed E-state index contributed by atoms with van der Waals surface area (Å²) < 4.78 is 16.3. The van der Waals surface area contributed by atoms with E-state index in [-0.39, 0.29) is 23.6 Å². The molecule has 1 heterocycles. The van der Waals surface area contributed by atoms with Gasteiger partial charge in [-0.1, -0.05) is 32.0 Å². The van der Waals surface area contributed by atoms with Crippen LogP contribution in [-0.4, -0.2) is 15.8 Å². The first kappa shape index (κ1) is 20.1. The molecule has 0 spiro atoms. The van der Waals surface area contributed by atoms with E-state index in [1.807, 2.05) is 19.9 Å². The van der Waals surface area contributed by atoms with Crippen molar-refractivity contribution in [3.63, 3.8) is 0 Å². The fourth-order valence-corrected chi connectivity index (χ4v) is 3.43. The summed E-state index contributed by atoms with van der Waals surface area (Å²) in [7, 11) is 0. The molecular weight excluding hydrogens is 373 g/mol. The molecule has 1 aromatic heterocycles. The standard InChI is InChI=1S/C22H20FN3O3/c1-13(2)12-26-19(11-25-22(28)29)20(16-5-3-4-6-18(16)23)17-9-14(10-24)7-8-15(17)21(26)27/h3-9,13,25H,11-12H2,1-2H3,(H,28,29). The summed E-state index contributed by atoms with van der Waals surface area (Å²) in [4.78, 5) is 24.4. The number of nitriles is 1. The molecule has 0 unspecified atom stereocenters. The zero-order chi connectivity index (χ0) is 21.1. The highest BCUT2D eigenvalue weighted by Gasteiger charge is 2.21. The number of carboxylic acid groups (broad SMARTS) is 1. The summed E-state index contributed by atoms with van der Waals surface area (Å²) in [6, 6.07) is 12.8. The van der Waals surface area contributed by atoms with E-state index in [2.05, 4.69) is 5.32 Å². The van der Waals surface area contributed by atoms with Crippen LogP contribution in [0.25, 0.3) is 21.9 Å². The van der Waals surface area contributed by atoms with Gasteiger partial charge in [-0.2, -0.15) is 5.26 Å². The van der Waals surface area contributed by atoms with E-state index in [1.54, 1.807) is 36.4 Å². The van der Waals surface area contributed by atoms with Gasteiger partial charge in [0.15, 0.2) is 0 Å². The van der Waals surface area contributed by atoms with Crippen molar-refractivity contribution in [3.8, 4) is 17.2 Å². The number of rotatable bonds is 5. The molecule has 29 heavy (non-hydrogen) atoms. The van der Waals surface area contributed by atoms with Gasteiger partial charge in [0, 0.05) is 28.8 Å². The van der Waals surface area contributed by atoms with Crippen LogP contribution >= 0.6 is 0 Å². The first-order valence-electron chi connectivity index (χ1n) is 9.14. The van der Waals surface area contributed by atoms with Crippen LogP contribution in [0.1, 0.15) is 25.1 Å². The van der Waals surface area contributed by atoms with Gasteiger partial charge < -0.3 is 15.0 Å². The quantitative estimate of drug-likeness (QED) is 0.682. The number of hydrogen-bond acceptors (Lipinski definition) is 3. The molecule has 2 N–H and O–H groups in total. The SMILES string of the molecule is CC(C)Cn1c(CNC(=O)O)c(-c2ccccc2F)c2cc(C#N)ccc2c1=O. The lowest BCUT2D eigenvalue weighted by molar-refractivity contribution is 0.193. The van der Waals surface area contributed by atoms with Crippen LogP contribution in [0.4, 0.5) is 9.18 Å². The fourth-order valence-electron chi connectivity index (χ4n) is 3.43. The molecule has 1 amide bonds. The second kappa shape index (κ2) is 8.15. The predicted molar refractivity (Wildman–Crippen MR) is 108 cm³/mol. The van der Waals surface area contributed by atoms with Gasteiger partial charge in [0.25, 0.3) is 5.56 Å². The second-order valence-electron chi connectivity index (χ2n) is 7.14. The maximum atomic E-state index is 14.8. The highest BCUT2D eigenvalue weighted by Crippen LogP contribution is 2.33. The second-order valence-corrected chi connectivity index (χ2v) is 7.14. The predicted octanol–water partition coefficient (Wildman–Crippen LogP) is 4.10. The Balaban J connectivity index is 2.50. The van der Waals surface area contributed by atoms with Crippen LogP contribution in [0.3, 0.4) is 0 Å². The molecule has 0 aliphatic heterocycles. The Morgan fingerprint density at radius 3 is 2.59 bits per heavy atom. The van der Waals surface area contributed by atoms with Crippen molar-refractivity contribution in [2.75, 3.05) is 0 Å². The average Bonchev–Trinajstić information content (AvgIpc) is 2.68. The summed E-state index contributed by atoms with van der Waals surface area (Å²) in [5.41, 5.74) is 1.03. The number of halogens is 1. The van der Waals surface area contributed by atoms with Gasteiger partial charge in [0.1, 0.15) is 5.82 Å². The molecule has 2 aromatic carbocycles. The molecule has 0 bridgehead atoms. The maximum Gasteiger partial charge on any atom is 0.404 e. The maximum absolute atomic E-state index is 14.8. The van der Waals surface area contributed by atoms with Crippen molar-refractivity contribution in [1.82, 2.24) is 9.88 Å². The smallest absolute Gasteiger partial charge is 0.404 e. The van der Waals surface area contributed by atoms with Crippen LogP contribution in [0, 0.1) is 23.1 Å². The molecule has 0 aliphatic carbocycles. The lowest BCUT2D eigenvalue weighted by Crippen LogP contribution is -2.31. The zero-order valence-electron chi connectivity index (χ0n) is 16.1. The van der Waals surface area contributed by atoms with Crippen LogP contribution in [0.5, 0.6) is 0 Å². The minimum absolute atomic E-state index is 0.0978. The summed E-state index contributed by atoms with van der Waals surface area (Å²) in [5, 5.41) is 21.5. The number of hydrogen-bond donors (Lipinski definition) is 2. The summed E-state index contributed by atoms with van der Waals surface area (Å²) in [5.74, 6) is -0.400. The lowest BCUT2D eigenvalue weighted by Gasteiger charge is -2.21. The molecule has 3 aromatic rings. The highest BCUT2D eigenvalue weighted by atomic mass is 19.1. The van der Waals surface area contributed by atoms with Gasteiger partial charge in [-0.25, -0.2) is 9.18 Å². The van der Waals surface area contributed by atoms with Crippen molar-refractivity contribution in [1.29, 1.82) is 5.26 Å². The van der Waals surface area contributed by atoms with Crippen LogP contribution < -0.4 is 10.9 Å². The van der Waals surface area contributed by atoms with Gasteiger partial charge >= 0.3 is 6.09 Å². The highest BCUT2D eigenvalue weighted by molar-refractivity contribution is 5.98. The van der Waals surface area contributed by atoms with Crippen LogP contribution in [0.2, 0.25) is 0 Å². The average molecular weight is 393 g/mol. The van der Waals surface area contributed by atoms with Gasteiger partial charge in [-0.05, 0) is 35.6 Å². The van der Waals surface area contributed by atoms with E-state index in [1.165, 1.54) is 10.6 Å². The van der Waals surface area contributed by atoms with E-state index in [4.69, 9.17) is 5.11 Å². The molecule has 0 atom stereocenters. The van der Waals surface area contributed by atoms with E-state index < -0.39 is 11.9 Å². The van der Waals surface area contributed by atoms with Crippen molar-refractivity contribution in [3.05, 3.63) is 69.9 Å². The topological polar surface area (TPSA) is 95.1 Å². The Bertz CT molecular complexity index is 1190. The monoisotopic (exact) mass is 393 g/mol.